The molecule has 1 aliphatic rings. The van der Waals surface area contributed by atoms with Crippen LogP contribution in [0.2, 0.25) is 0 Å². The highest BCUT2D eigenvalue weighted by molar-refractivity contribution is 7.97. The monoisotopic (exact) mass is 277 g/mol. The average Bonchev–Trinajstić information content (AvgIpc) is 2.66. The molecule has 2 rings (SSSR count). The number of nitrogens with one attached hydrogen (secondary N) is 1. The van der Waals surface area contributed by atoms with Gasteiger partial charge in [-0.15, -0.1) is 12.6 Å². The Hall–Kier alpha value is -1.55. The smallest absolute Gasteiger partial charge is 0.219 e. The molecule has 1 fully saturated rings. The van der Waals surface area contributed by atoms with Gasteiger partial charge in [-0.05, 0) is 24.5 Å². The predicted molar refractivity (Wildman–Crippen MR) is 80.9 cm³/mol. The summed E-state index contributed by atoms with van der Waals surface area (Å²) in [5.74, 6) is 0.225. The number of benzene rings is 1. The van der Waals surface area contributed by atoms with Crippen molar-refractivity contribution in [2.45, 2.75) is 25.7 Å². The van der Waals surface area contributed by atoms with Gasteiger partial charge in [0.25, 0.3) is 0 Å². The molecular formula is C15H19NO2S. The van der Waals surface area contributed by atoms with E-state index in [-0.39, 0.29) is 11.0 Å². The van der Waals surface area contributed by atoms with Crippen molar-refractivity contribution in [1.82, 2.24) is 5.32 Å². The van der Waals surface area contributed by atoms with Crippen LogP contribution in [-0.4, -0.2) is 17.6 Å². The second-order valence-electron chi connectivity index (χ2n) is 4.24. The first-order valence-electron chi connectivity index (χ1n) is 6.41. The van der Waals surface area contributed by atoms with Crippen molar-refractivity contribution >= 4 is 29.7 Å². The summed E-state index contributed by atoms with van der Waals surface area (Å²) in [4.78, 5) is 21.0. The molecule has 1 heterocycles. The van der Waals surface area contributed by atoms with Crippen molar-refractivity contribution in [3.05, 3.63) is 42.0 Å². The van der Waals surface area contributed by atoms with Crippen LogP contribution in [0.4, 0.5) is 0 Å². The van der Waals surface area contributed by atoms with Gasteiger partial charge in [-0.3, -0.25) is 9.59 Å². The van der Waals surface area contributed by atoms with Crippen LogP contribution in [-0.2, 0) is 9.59 Å². The topological polar surface area (TPSA) is 46.2 Å². The minimum atomic E-state index is -0.228. The summed E-state index contributed by atoms with van der Waals surface area (Å²) >= 11 is 3.60. The van der Waals surface area contributed by atoms with Gasteiger partial charge in [0, 0.05) is 13.0 Å². The Morgan fingerprint density at radius 3 is 2.58 bits per heavy atom. The van der Waals surface area contributed by atoms with Crippen LogP contribution >= 0.6 is 12.6 Å². The highest BCUT2D eigenvalue weighted by Gasteiger charge is 2.03. The zero-order valence-corrected chi connectivity index (χ0v) is 11.7. The van der Waals surface area contributed by atoms with Gasteiger partial charge in [-0.1, -0.05) is 42.8 Å². The van der Waals surface area contributed by atoms with E-state index in [2.05, 4.69) is 17.9 Å². The van der Waals surface area contributed by atoms with Crippen LogP contribution in [0.3, 0.4) is 0 Å². The van der Waals surface area contributed by atoms with Crippen LogP contribution in [0.1, 0.15) is 31.2 Å². The van der Waals surface area contributed by atoms with E-state index < -0.39 is 0 Å². The van der Waals surface area contributed by atoms with Crippen LogP contribution in [0, 0.1) is 0 Å². The van der Waals surface area contributed by atoms with Crippen molar-refractivity contribution in [2.24, 2.45) is 0 Å². The van der Waals surface area contributed by atoms with Crippen molar-refractivity contribution in [3.8, 4) is 0 Å². The number of thiol groups is 1. The highest BCUT2D eigenvalue weighted by atomic mass is 32.1. The Labute approximate surface area is 119 Å². The molecule has 1 aromatic rings. The Balaban J connectivity index is 0.000000200. The predicted octanol–water partition coefficient (Wildman–Crippen LogP) is 2.83. The summed E-state index contributed by atoms with van der Waals surface area (Å²) in [7, 11) is 0. The number of carbonyl (C=O) groups excluding carboxylic acids is 2. The quantitative estimate of drug-likeness (QED) is 0.645. The molecular weight excluding hydrogens is 258 g/mol. The maximum atomic E-state index is 10.6. The Kier molecular flexibility index (Phi) is 7.66. The molecule has 1 saturated heterocycles. The first kappa shape index (κ1) is 15.5. The van der Waals surface area contributed by atoms with E-state index in [1.165, 1.54) is 12.5 Å². The standard InChI is InChI=1S/C9H8OS.C6H11NO/c10-9(11)7-6-8-4-2-1-3-5-8;8-6-4-2-1-3-5-7-6/h1-7H,(H,10,11);1-5H2,(H,7,8)/b7-6+;. The maximum absolute atomic E-state index is 10.6. The number of hydrogen-bond acceptors (Lipinski definition) is 2. The van der Waals surface area contributed by atoms with Gasteiger partial charge in [-0.25, -0.2) is 0 Å². The fourth-order valence-electron chi connectivity index (χ4n) is 1.64. The Bertz CT molecular complexity index is 419. The summed E-state index contributed by atoms with van der Waals surface area (Å²) < 4.78 is 0. The molecule has 0 bridgehead atoms. The molecule has 19 heavy (non-hydrogen) atoms. The normalized spacial score (nSPS) is 15.1. The molecule has 0 saturated carbocycles. The lowest BCUT2D eigenvalue weighted by Crippen LogP contribution is -2.21. The van der Waals surface area contributed by atoms with Gasteiger partial charge < -0.3 is 5.32 Å². The lowest BCUT2D eigenvalue weighted by molar-refractivity contribution is -0.120. The third kappa shape index (κ3) is 8.21. The van der Waals surface area contributed by atoms with Gasteiger partial charge in [-0.2, -0.15) is 0 Å². The first-order chi connectivity index (χ1) is 9.18. The van der Waals surface area contributed by atoms with Crippen LogP contribution in [0.25, 0.3) is 6.08 Å². The summed E-state index contributed by atoms with van der Waals surface area (Å²) in [5.41, 5.74) is 1.01. The molecule has 1 amide bonds. The number of rotatable bonds is 2. The second-order valence-corrected chi connectivity index (χ2v) is 4.68. The lowest BCUT2D eigenvalue weighted by Gasteiger charge is -1.93. The number of carbonyl (C=O) groups is 2. The zero-order chi connectivity index (χ0) is 13.9. The SMILES string of the molecule is O=C(S)/C=C/c1ccccc1.O=C1CCCCCN1. The van der Waals surface area contributed by atoms with Gasteiger partial charge in [0.15, 0.2) is 0 Å². The molecule has 1 aliphatic heterocycles. The third-order valence-electron chi connectivity index (χ3n) is 2.62. The van der Waals surface area contributed by atoms with E-state index in [9.17, 15) is 9.59 Å². The largest absolute Gasteiger partial charge is 0.356 e. The van der Waals surface area contributed by atoms with Crippen LogP contribution in [0.15, 0.2) is 36.4 Å². The van der Waals surface area contributed by atoms with Crippen molar-refractivity contribution in [1.29, 1.82) is 0 Å². The molecule has 0 radical (unpaired) electrons. The fraction of sp³-hybridized carbons (Fsp3) is 0.333. The van der Waals surface area contributed by atoms with E-state index in [1.807, 2.05) is 30.3 Å². The Morgan fingerprint density at radius 1 is 1.16 bits per heavy atom. The minimum absolute atomic E-state index is 0.225. The second kappa shape index (κ2) is 9.39. The Morgan fingerprint density at radius 2 is 1.89 bits per heavy atom. The molecule has 4 heteroatoms. The molecule has 1 N–H and O–H groups in total. The van der Waals surface area contributed by atoms with Gasteiger partial charge in [0.05, 0.1) is 0 Å². The van der Waals surface area contributed by atoms with Crippen molar-refractivity contribution in [2.75, 3.05) is 6.54 Å². The lowest BCUT2D eigenvalue weighted by atomic mass is 10.2. The van der Waals surface area contributed by atoms with E-state index in [0.29, 0.717) is 0 Å². The van der Waals surface area contributed by atoms with Gasteiger partial charge in [0.2, 0.25) is 11.0 Å². The molecule has 0 aliphatic carbocycles. The fourth-order valence-corrected chi connectivity index (χ4v) is 1.71. The van der Waals surface area contributed by atoms with Crippen LogP contribution < -0.4 is 5.32 Å². The summed E-state index contributed by atoms with van der Waals surface area (Å²) in [6.45, 7) is 0.888. The van der Waals surface area contributed by atoms with Crippen molar-refractivity contribution < 1.29 is 9.59 Å². The molecule has 0 unspecified atom stereocenters. The summed E-state index contributed by atoms with van der Waals surface area (Å²) in [5, 5.41) is 2.58. The summed E-state index contributed by atoms with van der Waals surface area (Å²) in [6, 6.07) is 9.62. The first-order valence-corrected chi connectivity index (χ1v) is 6.86. The molecule has 0 aromatic heterocycles. The van der Waals surface area contributed by atoms with E-state index >= 15 is 0 Å². The third-order valence-corrected chi connectivity index (χ3v) is 2.77. The molecule has 102 valence electrons. The zero-order valence-electron chi connectivity index (χ0n) is 10.8. The van der Waals surface area contributed by atoms with E-state index in [0.717, 1.165) is 31.4 Å². The van der Waals surface area contributed by atoms with Crippen LogP contribution in [0.5, 0.6) is 0 Å². The molecule has 3 nitrogen and oxygen atoms in total. The van der Waals surface area contributed by atoms with E-state index in [4.69, 9.17) is 0 Å². The molecule has 1 aromatic carbocycles. The molecule has 0 atom stereocenters. The summed E-state index contributed by atoms with van der Waals surface area (Å²) in [6.07, 6.45) is 7.34. The minimum Gasteiger partial charge on any atom is -0.356 e. The highest BCUT2D eigenvalue weighted by Crippen LogP contribution is 2.02. The number of hydrogen-bond donors (Lipinski definition) is 2. The van der Waals surface area contributed by atoms with Crippen molar-refractivity contribution in [3.63, 3.8) is 0 Å². The van der Waals surface area contributed by atoms with Gasteiger partial charge in [0.1, 0.15) is 0 Å². The van der Waals surface area contributed by atoms with E-state index in [1.54, 1.807) is 6.08 Å². The average molecular weight is 277 g/mol. The molecule has 0 spiro atoms. The van der Waals surface area contributed by atoms with Gasteiger partial charge >= 0.3 is 0 Å². The maximum Gasteiger partial charge on any atom is 0.219 e. The number of amides is 1.